The van der Waals surface area contributed by atoms with Crippen LogP contribution in [-0.2, 0) is 6.54 Å². The topological polar surface area (TPSA) is 55.0 Å². The van der Waals surface area contributed by atoms with E-state index in [1.165, 1.54) is 32.1 Å². The first-order chi connectivity index (χ1) is 9.61. The van der Waals surface area contributed by atoms with E-state index in [4.69, 9.17) is 5.73 Å². The lowest BCUT2D eigenvalue weighted by atomic mass is 9.89. The molecule has 1 saturated carbocycles. The van der Waals surface area contributed by atoms with Crippen molar-refractivity contribution in [2.75, 3.05) is 18.5 Å². The summed E-state index contributed by atoms with van der Waals surface area (Å²) in [7, 11) is 2.14. The van der Waals surface area contributed by atoms with Gasteiger partial charge in [-0.3, -0.25) is 0 Å². The fourth-order valence-electron chi connectivity index (χ4n) is 3.03. The van der Waals surface area contributed by atoms with E-state index in [0.717, 1.165) is 29.7 Å². The zero-order valence-corrected chi connectivity index (χ0v) is 13.1. The van der Waals surface area contributed by atoms with Gasteiger partial charge >= 0.3 is 0 Å². The molecule has 1 aromatic heterocycles. The highest BCUT2D eigenvalue weighted by Gasteiger charge is 2.18. The highest BCUT2D eigenvalue weighted by atomic mass is 15.1. The lowest BCUT2D eigenvalue weighted by Crippen LogP contribution is -2.28. The Balaban J connectivity index is 2.09. The number of rotatable bonds is 5. The zero-order chi connectivity index (χ0) is 14.5. The molecular formula is C16H28N4. The van der Waals surface area contributed by atoms with Crippen molar-refractivity contribution in [1.29, 1.82) is 0 Å². The van der Waals surface area contributed by atoms with Crippen LogP contribution in [-0.4, -0.2) is 23.6 Å². The van der Waals surface area contributed by atoms with Crippen molar-refractivity contribution in [1.82, 2.24) is 9.97 Å². The van der Waals surface area contributed by atoms with Crippen molar-refractivity contribution in [2.24, 2.45) is 11.7 Å². The molecule has 1 aromatic rings. The molecular weight excluding hydrogens is 248 g/mol. The maximum absolute atomic E-state index is 5.87. The summed E-state index contributed by atoms with van der Waals surface area (Å²) in [6.45, 7) is 5.80. The minimum atomic E-state index is 0.345. The van der Waals surface area contributed by atoms with Gasteiger partial charge in [0.25, 0.3) is 0 Å². The first-order valence-corrected chi connectivity index (χ1v) is 7.88. The predicted molar refractivity (Wildman–Crippen MR) is 83.9 cm³/mol. The van der Waals surface area contributed by atoms with Crippen LogP contribution in [0.5, 0.6) is 0 Å². The number of aromatic nitrogens is 2. The number of hydrogen-bond acceptors (Lipinski definition) is 4. The summed E-state index contributed by atoms with van der Waals surface area (Å²) in [6, 6.07) is 0. The molecule has 0 saturated heterocycles. The van der Waals surface area contributed by atoms with E-state index in [2.05, 4.69) is 35.8 Å². The van der Waals surface area contributed by atoms with Crippen LogP contribution in [0.1, 0.15) is 63.4 Å². The standard InChI is InChI=1S/C16H28N4/c1-12(2)16-18-10-15(14(9-17)19-16)20(3)11-13-7-5-4-6-8-13/h10,12-13H,4-9,11,17H2,1-3H3. The molecule has 2 rings (SSSR count). The highest BCUT2D eigenvalue weighted by molar-refractivity contribution is 5.48. The molecule has 1 fully saturated rings. The molecule has 4 heteroatoms. The van der Waals surface area contributed by atoms with Crippen LogP contribution in [0.25, 0.3) is 0 Å². The first-order valence-electron chi connectivity index (χ1n) is 7.88. The summed E-state index contributed by atoms with van der Waals surface area (Å²) in [6.07, 6.45) is 8.82. The smallest absolute Gasteiger partial charge is 0.131 e. The monoisotopic (exact) mass is 276 g/mol. The second kappa shape index (κ2) is 7.02. The van der Waals surface area contributed by atoms with Crippen molar-refractivity contribution >= 4 is 5.69 Å². The molecule has 0 radical (unpaired) electrons. The number of hydrogen-bond donors (Lipinski definition) is 1. The second-order valence-corrected chi connectivity index (χ2v) is 6.30. The Labute approximate surface area is 122 Å². The summed E-state index contributed by atoms with van der Waals surface area (Å²) in [4.78, 5) is 11.4. The van der Waals surface area contributed by atoms with Gasteiger partial charge in [-0.15, -0.1) is 0 Å². The minimum absolute atomic E-state index is 0.345. The average molecular weight is 276 g/mol. The van der Waals surface area contributed by atoms with E-state index in [0.29, 0.717) is 12.5 Å². The molecule has 1 aliphatic rings. The minimum Gasteiger partial charge on any atom is -0.372 e. The van der Waals surface area contributed by atoms with Crippen LogP contribution in [0.2, 0.25) is 0 Å². The lowest BCUT2D eigenvalue weighted by molar-refractivity contribution is 0.362. The molecule has 20 heavy (non-hydrogen) atoms. The Bertz CT molecular complexity index is 424. The number of nitrogens with zero attached hydrogens (tertiary/aromatic N) is 3. The van der Waals surface area contributed by atoms with Crippen LogP contribution in [0, 0.1) is 5.92 Å². The zero-order valence-electron chi connectivity index (χ0n) is 13.1. The number of nitrogens with two attached hydrogens (primary N) is 1. The van der Waals surface area contributed by atoms with E-state index >= 15 is 0 Å². The molecule has 0 bridgehead atoms. The molecule has 0 atom stereocenters. The quantitative estimate of drug-likeness (QED) is 0.898. The Morgan fingerprint density at radius 2 is 2.00 bits per heavy atom. The Morgan fingerprint density at radius 1 is 1.30 bits per heavy atom. The molecule has 0 spiro atoms. The molecule has 0 aromatic carbocycles. The molecule has 2 N–H and O–H groups in total. The van der Waals surface area contributed by atoms with Gasteiger partial charge in [0.05, 0.1) is 17.6 Å². The fourth-order valence-corrected chi connectivity index (χ4v) is 3.03. The molecule has 0 aliphatic heterocycles. The molecule has 112 valence electrons. The molecule has 0 unspecified atom stereocenters. The summed E-state index contributed by atoms with van der Waals surface area (Å²) in [5.74, 6) is 2.04. The van der Waals surface area contributed by atoms with Gasteiger partial charge in [0.1, 0.15) is 5.82 Å². The Hall–Kier alpha value is -1.16. The van der Waals surface area contributed by atoms with Crippen molar-refractivity contribution in [2.45, 2.75) is 58.4 Å². The van der Waals surface area contributed by atoms with Gasteiger partial charge in [-0.1, -0.05) is 33.1 Å². The van der Waals surface area contributed by atoms with Gasteiger partial charge in [-0.25, -0.2) is 9.97 Å². The third-order valence-corrected chi connectivity index (χ3v) is 4.24. The molecule has 1 heterocycles. The van der Waals surface area contributed by atoms with E-state index in [1.807, 2.05) is 6.20 Å². The van der Waals surface area contributed by atoms with Gasteiger partial charge in [0.2, 0.25) is 0 Å². The van der Waals surface area contributed by atoms with Crippen molar-refractivity contribution < 1.29 is 0 Å². The van der Waals surface area contributed by atoms with Gasteiger partial charge in [0.15, 0.2) is 0 Å². The van der Waals surface area contributed by atoms with Gasteiger partial charge in [-0.2, -0.15) is 0 Å². The third-order valence-electron chi connectivity index (χ3n) is 4.24. The molecule has 4 nitrogen and oxygen atoms in total. The maximum Gasteiger partial charge on any atom is 0.131 e. The third kappa shape index (κ3) is 3.69. The van der Waals surface area contributed by atoms with Crippen molar-refractivity contribution in [3.63, 3.8) is 0 Å². The fraction of sp³-hybridized carbons (Fsp3) is 0.750. The second-order valence-electron chi connectivity index (χ2n) is 6.30. The van der Waals surface area contributed by atoms with E-state index in [-0.39, 0.29) is 0 Å². The van der Waals surface area contributed by atoms with Crippen LogP contribution < -0.4 is 10.6 Å². The average Bonchev–Trinajstić information content (AvgIpc) is 2.47. The van der Waals surface area contributed by atoms with Crippen LogP contribution in [0.4, 0.5) is 5.69 Å². The lowest BCUT2D eigenvalue weighted by Gasteiger charge is -2.29. The molecule has 0 amide bonds. The summed E-state index contributed by atoms with van der Waals surface area (Å²) in [5.41, 5.74) is 7.95. The van der Waals surface area contributed by atoms with E-state index < -0.39 is 0 Å². The number of anilines is 1. The van der Waals surface area contributed by atoms with E-state index in [9.17, 15) is 0 Å². The van der Waals surface area contributed by atoms with Crippen molar-refractivity contribution in [3.8, 4) is 0 Å². The predicted octanol–water partition coefficient (Wildman–Crippen LogP) is 3.08. The maximum atomic E-state index is 5.87. The van der Waals surface area contributed by atoms with Crippen LogP contribution >= 0.6 is 0 Å². The highest BCUT2D eigenvalue weighted by Crippen LogP contribution is 2.27. The normalized spacial score (nSPS) is 16.6. The summed E-state index contributed by atoms with van der Waals surface area (Å²) >= 11 is 0. The Morgan fingerprint density at radius 3 is 2.60 bits per heavy atom. The molecule has 1 aliphatic carbocycles. The van der Waals surface area contributed by atoms with Gasteiger partial charge in [-0.05, 0) is 18.8 Å². The first kappa shape index (κ1) is 15.2. The van der Waals surface area contributed by atoms with Gasteiger partial charge in [0, 0.05) is 26.1 Å². The van der Waals surface area contributed by atoms with E-state index in [1.54, 1.807) is 0 Å². The Kier molecular flexibility index (Phi) is 5.35. The van der Waals surface area contributed by atoms with Crippen LogP contribution in [0.3, 0.4) is 0 Å². The SMILES string of the molecule is CC(C)c1ncc(N(C)CC2CCCCC2)c(CN)n1. The summed E-state index contributed by atoms with van der Waals surface area (Å²) < 4.78 is 0. The van der Waals surface area contributed by atoms with Gasteiger partial charge < -0.3 is 10.6 Å². The van der Waals surface area contributed by atoms with Crippen molar-refractivity contribution in [3.05, 3.63) is 17.7 Å². The largest absolute Gasteiger partial charge is 0.372 e. The van der Waals surface area contributed by atoms with Crippen LogP contribution in [0.15, 0.2) is 6.20 Å². The summed E-state index contributed by atoms with van der Waals surface area (Å²) in [5, 5.41) is 0.